The van der Waals surface area contributed by atoms with Crippen molar-refractivity contribution in [3.63, 3.8) is 0 Å². The summed E-state index contributed by atoms with van der Waals surface area (Å²) in [6.07, 6.45) is 0. The van der Waals surface area contributed by atoms with Crippen LogP contribution < -0.4 is 10.5 Å². The molecule has 0 aliphatic heterocycles. The lowest BCUT2D eigenvalue weighted by Gasteiger charge is -2.21. The zero-order chi connectivity index (χ0) is 16.7. The molecule has 23 heavy (non-hydrogen) atoms. The second kappa shape index (κ2) is 8.34. The largest absolute Gasteiger partial charge is 0.490 e. The van der Waals surface area contributed by atoms with Gasteiger partial charge in [0.05, 0.1) is 5.69 Å². The van der Waals surface area contributed by atoms with Crippen LogP contribution in [0.25, 0.3) is 0 Å². The van der Waals surface area contributed by atoms with Gasteiger partial charge < -0.3 is 10.5 Å². The molecule has 122 valence electrons. The molecule has 2 rings (SSSR count). The first kappa shape index (κ1) is 17.0. The molecule has 0 heterocycles. The Kier molecular flexibility index (Phi) is 6.18. The maximum atomic E-state index is 11.3. The zero-order valence-corrected chi connectivity index (χ0v) is 13.8. The van der Waals surface area contributed by atoms with Gasteiger partial charge in [-0.2, -0.15) is 0 Å². The average molecular weight is 312 g/mol. The highest BCUT2D eigenvalue weighted by atomic mass is 16.5. The van der Waals surface area contributed by atoms with Crippen molar-refractivity contribution in [2.45, 2.75) is 20.4 Å². The summed E-state index contributed by atoms with van der Waals surface area (Å²) in [7, 11) is 0. The van der Waals surface area contributed by atoms with Crippen molar-refractivity contribution in [3.05, 3.63) is 59.7 Å². The van der Waals surface area contributed by atoms with E-state index in [1.807, 2.05) is 6.07 Å². The van der Waals surface area contributed by atoms with E-state index in [0.717, 1.165) is 19.6 Å². The third-order valence-electron chi connectivity index (χ3n) is 3.78. The van der Waals surface area contributed by atoms with Gasteiger partial charge in [-0.15, -0.1) is 0 Å². The maximum absolute atomic E-state index is 11.3. The van der Waals surface area contributed by atoms with Crippen LogP contribution in [0.5, 0.6) is 5.75 Å². The van der Waals surface area contributed by atoms with Crippen LogP contribution in [0.4, 0.5) is 5.69 Å². The second-order valence-corrected chi connectivity index (χ2v) is 5.51. The Morgan fingerprint density at radius 2 is 1.91 bits per heavy atom. The lowest BCUT2D eigenvalue weighted by atomic mass is 10.1. The molecule has 0 atom stereocenters. The van der Waals surface area contributed by atoms with E-state index in [0.29, 0.717) is 23.6 Å². The Bertz CT molecular complexity index is 641. The SMILES string of the molecule is CCN(CCOc1ccc(C(C)=O)cc1N)Cc1ccccc1. The topological polar surface area (TPSA) is 55.6 Å². The molecule has 2 aromatic carbocycles. The van der Waals surface area contributed by atoms with Crippen LogP contribution in [-0.4, -0.2) is 30.4 Å². The van der Waals surface area contributed by atoms with Crippen LogP contribution in [0.2, 0.25) is 0 Å². The minimum atomic E-state index is 0.00303. The van der Waals surface area contributed by atoms with Crippen LogP contribution in [0.15, 0.2) is 48.5 Å². The third-order valence-corrected chi connectivity index (χ3v) is 3.78. The summed E-state index contributed by atoms with van der Waals surface area (Å²) in [5, 5.41) is 0. The van der Waals surface area contributed by atoms with E-state index in [1.165, 1.54) is 12.5 Å². The van der Waals surface area contributed by atoms with Crippen molar-refractivity contribution in [2.24, 2.45) is 0 Å². The van der Waals surface area contributed by atoms with Crippen molar-refractivity contribution in [3.8, 4) is 5.75 Å². The summed E-state index contributed by atoms with van der Waals surface area (Å²) in [6.45, 7) is 6.90. The lowest BCUT2D eigenvalue weighted by molar-refractivity contribution is 0.101. The molecular formula is C19H24N2O2. The molecule has 2 N–H and O–H groups in total. The Hall–Kier alpha value is -2.33. The van der Waals surface area contributed by atoms with Gasteiger partial charge in [-0.3, -0.25) is 9.69 Å². The molecule has 0 saturated heterocycles. The van der Waals surface area contributed by atoms with E-state index in [-0.39, 0.29) is 5.78 Å². The monoisotopic (exact) mass is 312 g/mol. The van der Waals surface area contributed by atoms with Crippen LogP contribution in [0, 0.1) is 0 Å². The number of anilines is 1. The molecule has 0 bridgehead atoms. The molecule has 0 radical (unpaired) electrons. The molecule has 0 aromatic heterocycles. The van der Waals surface area contributed by atoms with E-state index < -0.39 is 0 Å². The molecule has 0 unspecified atom stereocenters. The van der Waals surface area contributed by atoms with Gasteiger partial charge in [-0.25, -0.2) is 0 Å². The van der Waals surface area contributed by atoms with Gasteiger partial charge in [0.1, 0.15) is 12.4 Å². The number of nitrogens with zero attached hydrogens (tertiary/aromatic N) is 1. The number of ketones is 1. The number of carbonyl (C=O) groups excluding carboxylic acids is 1. The zero-order valence-electron chi connectivity index (χ0n) is 13.8. The van der Waals surface area contributed by atoms with Crippen LogP contribution in [0.3, 0.4) is 0 Å². The number of ether oxygens (including phenoxy) is 1. The molecule has 0 aliphatic rings. The first-order valence-electron chi connectivity index (χ1n) is 7.89. The second-order valence-electron chi connectivity index (χ2n) is 5.51. The molecule has 0 fully saturated rings. The highest BCUT2D eigenvalue weighted by molar-refractivity contribution is 5.95. The first-order valence-corrected chi connectivity index (χ1v) is 7.89. The Morgan fingerprint density at radius 1 is 1.17 bits per heavy atom. The van der Waals surface area contributed by atoms with E-state index >= 15 is 0 Å². The number of hydrogen-bond acceptors (Lipinski definition) is 4. The number of likely N-dealkylation sites (N-methyl/N-ethyl adjacent to an activating group) is 1. The molecule has 0 spiro atoms. The van der Waals surface area contributed by atoms with Gasteiger partial charge in [-0.05, 0) is 37.2 Å². The highest BCUT2D eigenvalue weighted by Crippen LogP contribution is 2.22. The highest BCUT2D eigenvalue weighted by Gasteiger charge is 2.07. The predicted molar refractivity (Wildman–Crippen MR) is 93.7 cm³/mol. The van der Waals surface area contributed by atoms with E-state index in [1.54, 1.807) is 18.2 Å². The lowest BCUT2D eigenvalue weighted by Crippen LogP contribution is -2.28. The number of hydrogen-bond donors (Lipinski definition) is 1. The smallest absolute Gasteiger partial charge is 0.159 e. The van der Waals surface area contributed by atoms with E-state index in [4.69, 9.17) is 10.5 Å². The number of benzene rings is 2. The van der Waals surface area contributed by atoms with E-state index in [2.05, 4.69) is 36.1 Å². The van der Waals surface area contributed by atoms with Crippen molar-refractivity contribution in [1.82, 2.24) is 4.90 Å². The number of nitrogen functional groups attached to an aromatic ring is 1. The summed E-state index contributed by atoms with van der Waals surface area (Å²) in [6, 6.07) is 15.6. The molecule has 4 nitrogen and oxygen atoms in total. The van der Waals surface area contributed by atoms with Crippen molar-refractivity contribution >= 4 is 11.5 Å². The minimum absolute atomic E-state index is 0.00303. The summed E-state index contributed by atoms with van der Waals surface area (Å²) in [5.41, 5.74) is 8.34. The van der Waals surface area contributed by atoms with Gasteiger partial charge in [0.25, 0.3) is 0 Å². The van der Waals surface area contributed by atoms with Crippen LogP contribution in [-0.2, 0) is 6.54 Å². The predicted octanol–water partition coefficient (Wildman–Crippen LogP) is 3.37. The van der Waals surface area contributed by atoms with Crippen molar-refractivity contribution in [1.29, 1.82) is 0 Å². The van der Waals surface area contributed by atoms with Crippen molar-refractivity contribution < 1.29 is 9.53 Å². The fourth-order valence-corrected chi connectivity index (χ4v) is 2.37. The van der Waals surface area contributed by atoms with Gasteiger partial charge >= 0.3 is 0 Å². The van der Waals surface area contributed by atoms with Crippen LogP contribution >= 0.6 is 0 Å². The molecule has 0 amide bonds. The normalized spacial score (nSPS) is 10.7. The Morgan fingerprint density at radius 3 is 2.52 bits per heavy atom. The molecule has 2 aromatic rings. The Balaban J connectivity index is 1.87. The fourth-order valence-electron chi connectivity index (χ4n) is 2.37. The third kappa shape index (κ3) is 5.11. The standard InChI is InChI=1S/C19H24N2O2/c1-3-21(14-16-7-5-4-6-8-16)11-12-23-19-10-9-17(15(2)22)13-18(19)20/h4-10,13H,3,11-12,14,20H2,1-2H3. The summed E-state index contributed by atoms with van der Waals surface area (Å²) >= 11 is 0. The van der Waals surface area contributed by atoms with Gasteiger partial charge in [0, 0.05) is 18.7 Å². The first-order chi connectivity index (χ1) is 11.1. The molecule has 4 heteroatoms. The summed E-state index contributed by atoms with van der Waals surface area (Å²) in [5.74, 6) is 0.633. The van der Waals surface area contributed by atoms with Gasteiger partial charge in [0.15, 0.2) is 5.78 Å². The van der Waals surface area contributed by atoms with Gasteiger partial charge in [-0.1, -0.05) is 37.3 Å². The van der Waals surface area contributed by atoms with Crippen molar-refractivity contribution in [2.75, 3.05) is 25.4 Å². The fraction of sp³-hybridized carbons (Fsp3) is 0.316. The minimum Gasteiger partial charge on any atom is -0.490 e. The van der Waals surface area contributed by atoms with E-state index in [9.17, 15) is 4.79 Å². The quantitative estimate of drug-likeness (QED) is 0.600. The maximum Gasteiger partial charge on any atom is 0.159 e. The summed E-state index contributed by atoms with van der Waals surface area (Å²) in [4.78, 5) is 13.6. The van der Waals surface area contributed by atoms with Crippen LogP contribution in [0.1, 0.15) is 29.8 Å². The number of Topliss-reactive ketones (excluding diaryl/α,β-unsaturated/α-hetero) is 1. The average Bonchev–Trinajstić information content (AvgIpc) is 2.56. The molecule has 0 saturated carbocycles. The van der Waals surface area contributed by atoms with Gasteiger partial charge in [0.2, 0.25) is 0 Å². The Labute approximate surface area is 137 Å². The summed E-state index contributed by atoms with van der Waals surface area (Å²) < 4.78 is 5.76. The molecule has 0 aliphatic carbocycles. The number of rotatable bonds is 8. The molecular weight excluding hydrogens is 288 g/mol. The number of carbonyl (C=O) groups is 1. The number of nitrogens with two attached hydrogens (primary N) is 1.